The van der Waals surface area contributed by atoms with Crippen LogP contribution in [0.2, 0.25) is 0 Å². The van der Waals surface area contributed by atoms with Crippen molar-refractivity contribution in [2.45, 2.75) is 0 Å². The van der Waals surface area contributed by atoms with Gasteiger partial charge >= 0.3 is 0 Å². The fourth-order valence-corrected chi connectivity index (χ4v) is 7.60. The molecule has 0 fully saturated rings. The van der Waals surface area contributed by atoms with E-state index in [4.69, 9.17) is 0 Å². The van der Waals surface area contributed by atoms with Crippen LogP contribution in [0.5, 0.6) is 0 Å². The predicted octanol–water partition coefficient (Wildman–Crippen LogP) is 12.0. The third-order valence-electron chi connectivity index (χ3n) is 9.49. The molecule has 42 heavy (non-hydrogen) atoms. The smallest absolute Gasteiger partial charge is 0.00206 e. The Bertz CT molecular complexity index is 2590. The van der Waals surface area contributed by atoms with E-state index in [9.17, 15) is 0 Å². The van der Waals surface area contributed by atoms with Crippen LogP contribution in [0, 0.1) is 0 Å². The molecule has 10 aromatic carbocycles. The molecular formula is C42H24. The van der Waals surface area contributed by atoms with Gasteiger partial charge in [-0.05, 0) is 116 Å². The van der Waals surface area contributed by atoms with Gasteiger partial charge in [0.1, 0.15) is 0 Å². The van der Waals surface area contributed by atoms with Crippen molar-refractivity contribution in [3.63, 3.8) is 0 Å². The number of benzene rings is 10. The second-order valence-electron chi connectivity index (χ2n) is 11.7. The highest BCUT2D eigenvalue weighted by Gasteiger charge is 2.14. The normalized spacial score (nSPS) is 12.3. The molecule has 0 aliphatic heterocycles. The summed E-state index contributed by atoms with van der Waals surface area (Å²) >= 11 is 0. The van der Waals surface area contributed by atoms with E-state index < -0.39 is 0 Å². The Morgan fingerprint density at radius 1 is 0.238 bits per heavy atom. The third-order valence-corrected chi connectivity index (χ3v) is 9.49. The van der Waals surface area contributed by atoms with Crippen LogP contribution in [0.4, 0.5) is 0 Å². The molecule has 0 amide bonds. The van der Waals surface area contributed by atoms with Gasteiger partial charge in [-0.25, -0.2) is 0 Å². The van der Waals surface area contributed by atoms with E-state index in [1.54, 1.807) is 0 Å². The first-order chi connectivity index (χ1) is 20.8. The molecule has 0 spiro atoms. The zero-order valence-corrected chi connectivity index (χ0v) is 22.9. The molecule has 0 saturated carbocycles. The Hall–Kier alpha value is -5.46. The molecule has 0 saturated heterocycles. The van der Waals surface area contributed by atoms with Crippen molar-refractivity contribution in [2.75, 3.05) is 0 Å². The zero-order valence-electron chi connectivity index (χ0n) is 22.9. The van der Waals surface area contributed by atoms with Gasteiger partial charge in [0, 0.05) is 0 Å². The van der Waals surface area contributed by atoms with Gasteiger partial charge in [-0.2, -0.15) is 0 Å². The van der Waals surface area contributed by atoms with Crippen LogP contribution in [0.15, 0.2) is 146 Å². The minimum atomic E-state index is 1.26. The highest BCUT2D eigenvalue weighted by molar-refractivity contribution is 6.26. The molecule has 0 aliphatic rings. The van der Waals surface area contributed by atoms with Gasteiger partial charge in [0.25, 0.3) is 0 Å². The lowest BCUT2D eigenvalue weighted by Crippen LogP contribution is -1.89. The van der Waals surface area contributed by atoms with Crippen LogP contribution in [0.1, 0.15) is 0 Å². The van der Waals surface area contributed by atoms with Gasteiger partial charge < -0.3 is 0 Å². The SMILES string of the molecule is c1cc(-c2cc3ccc4cccc5ccc(c2)c3c45)c2ccc(-c3ccc4ccc5cccc6ccc3c4c56)cc2c1. The van der Waals surface area contributed by atoms with Crippen LogP contribution in [-0.4, -0.2) is 0 Å². The van der Waals surface area contributed by atoms with Gasteiger partial charge in [-0.3, -0.25) is 0 Å². The summed E-state index contributed by atoms with van der Waals surface area (Å²) in [7, 11) is 0. The molecule has 10 rings (SSSR count). The molecule has 0 nitrogen and oxygen atoms in total. The highest BCUT2D eigenvalue weighted by Crippen LogP contribution is 2.42. The van der Waals surface area contributed by atoms with E-state index in [2.05, 4.69) is 146 Å². The highest BCUT2D eigenvalue weighted by atomic mass is 14.2. The summed E-state index contributed by atoms with van der Waals surface area (Å²) in [6.45, 7) is 0. The monoisotopic (exact) mass is 528 g/mol. The number of fused-ring (bicyclic) bond motifs is 1. The fourth-order valence-electron chi connectivity index (χ4n) is 7.60. The van der Waals surface area contributed by atoms with E-state index in [-0.39, 0.29) is 0 Å². The van der Waals surface area contributed by atoms with Gasteiger partial charge in [0.15, 0.2) is 0 Å². The summed E-state index contributed by atoms with van der Waals surface area (Å²) in [4.78, 5) is 0. The number of rotatable bonds is 2. The molecule has 0 radical (unpaired) electrons. The first-order valence-electron chi connectivity index (χ1n) is 14.7. The minimum absolute atomic E-state index is 1.26. The Balaban J connectivity index is 1.17. The lowest BCUT2D eigenvalue weighted by atomic mass is 9.88. The van der Waals surface area contributed by atoms with Crippen molar-refractivity contribution in [3.8, 4) is 22.3 Å². The van der Waals surface area contributed by atoms with Crippen LogP contribution in [-0.2, 0) is 0 Å². The zero-order chi connectivity index (χ0) is 27.4. The summed E-state index contributed by atoms with van der Waals surface area (Å²) in [6.07, 6.45) is 0. The van der Waals surface area contributed by atoms with Crippen molar-refractivity contribution in [2.24, 2.45) is 0 Å². The predicted molar refractivity (Wildman–Crippen MR) is 182 cm³/mol. The van der Waals surface area contributed by atoms with E-state index >= 15 is 0 Å². The molecule has 0 aliphatic carbocycles. The largest absolute Gasteiger partial charge is 0.0610 e. The van der Waals surface area contributed by atoms with E-state index in [0.29, 0.717) is 0 Å². The van der Waals surface area contributed by atoms with Gasteiger partial charge in [0.2, 0.25) is 0 Å². The van der Waals surface area contributed by atoms with Crippen molar-refractivity contribution < 1.29 is 0 Å². The summed E-state index contributed by atoms with van der Waals surface area (Å²) in [6, 6.07) is 54.4. The minimum Gasteiger partial charge on any atom is -0.0610 e. The fraction of sp³-hybridized carbons (Fsp3) is 0. The number of hydrogen-bond donors (Lipinski definition) is 0. The molecule has 0 atom stereocenters. The van der Waals surface area contributed by atoms with Crippen LogP contribution < -0.4 is 0 Å². The summed E-state index contributed by atoms with van der Waals surface area (Å²) in [5.74, 6) is 0. The van der Waals surface area contributed by atoms with Crippen molar-refractivity contribution in [3.05, 3.63) is 146 Å². The molecule has 10 aromatic rings. The average molecular weight is 529 g/mol. The Morgan fingerprint density at radius 3 is 1.36 bits per heavy atom. The van der Waals surface area contributed by atoms with E-state index in [0.717, 1.165) is 0 Å². The van der Waals surface area contributed by atoms with Gasteiger partial charge in [-0.15, -0.1) is 0 Å². The van der Waals surface area contributed by atoms with E-state index in [1.807, 2.05) is 0 Å². The summed E-state index contributed by atoms with van der Waals surface area (Å²) < 4.78 is 0. The maximum absolute atomic E-state index is 2.37. The molecule has 192 valence electrons. The van der Waals surface area contributed by atoms with E-state index in [1.165, 1.54) is 97.7 Å². The Labute approximate surface area is 242 Å². The van der Waals surface area contributed by atoms with Crippen molar-refractivity contribution in [1.29, 1.82) is 0 Å². The van der Waals surface area contributed by atoms with Crippen LogP contribution >= 0.6 is 0 Å². The van der Waals surface area contributed by atoms with Gasteiger partial charge in [-0.1, -0.05) is 127 Å². The van der Waals surface area contributed by atoms with Crippen LogP contribution in [0.3, 0.4) is 0 Å². The quantitative estimate of drug-likeness (QED) is 0.196. The second kappa shape index (κ2) is 8.06. The molecule has 0 N–H and O–H groups in total. The Kier molecular flexibility index (Phi) is 4.27. The van der Waals surface area contributed by atoms with Crippen molar-refractivity contribution >= 4 is 75.4 Å². The lowest BCUT2D eigenvalue weighted by molar-refractivity contribution is 1.67. The molecule has 0 heterocycles. The molecule has 0 bridgehead atoms. The standard InChI is InChI=1S/C42H24/c1-4-25-12-14-32-23-34(24-33-15-13-26(5-1)39(25)41(32)33)35-9-3-8-30-22-31(18-20-36(30)35)37-19-16-29-11-10-27-6-2-7-28-17-21-38(37)42(29)40(27)28/h1-24H. The van der Waals surface area contributed by atoms with Crippen molar-refractivity contribution in [1.82, 2.24) is 0 Å². The maximum Gasteiger partial charge on any atom is -0.00206 e. The summed E-state index contributed by atoms with van der Waals surface area (Å²) in [5, 5.41) is 18.5. The summed E-state index contributed by atoms with van der Waals surface area (Å²) in [5.41, 5.74) is 5.09. The molecule has 0 heteroatoms. The topological polar surface area (TPSA) is 0 Å². The lowest BCUT2D eigenvalue weighted by Gasteiger charge is -2.16. The number of hydrogen-bond acceptors (Lipinski definition) is 0. The maximum atomic E-state index is 2.37. The Morgan fingerprint density at radius 2 is 0.667 bits per heavy atom. The first-order valence-corrected chi connectivity index (χ1v) is 14.7. The van der Waals surface area contributed by atoms with Crippen LogP contribution in [0.25, 0.3) is 97.7 Å². The second-order valence-corrected chi connectivity index (χ2v) is 11.7. The first kappa shape index (κ1) is 22.3. The third kappa shape index (κ3) is 2.96. The molecule has 0 aromatic heterocycles. The van der Waals surface area contributed by atoms with Gasteiger partial charge in [0.05, 0.1) is 0 Å². The molecule has 0 unspecified atom stereocenters. The molecular weight excluding hydrogens is 504 g/mol. The average Bonchev–Trinajstić information content (AvgIpc) is 3.05.